The maximum absolute atomic E-state index is 5.86. The topological polar surface area (TPSA) is 77.0 Å². The van der Waals surface area contributed by atoms with Gasteiger partial charge in [0.25, 0.3) is 0 Å². The Hall–Kier alpha value is -2.21. The Kier molecular flexibility index (Phi) is 3.93. The molecule has 122 valence electrons. The highest BCUT2D eigenvalue weighted by Crippen LogP contribution is 2.26. The van der Waals surface area contributed by atoms with E-state index in [0.717, 1.165) is 16.7 Å². The van der Waals surface area contributed by atoms with Gasteiger partial charge in [0.2, 0.25) is 5.89 Å². The molecular weight excluding hydrogens is 292 g/mol. The summed E-state index contributed by atoms with van der Waals surface area (Å²) in [5.74, 6) is 2.15. The van der Waals surface area contributed by atoms with Crippen molar-refractivity contribution in [1.29, 1.82) is 0 Å². The van der Waals surface area contributed by atoms with Crippen molar-refractivity contribution in [2.75, 3.05) is 0 Å². The molecule has 0 aromatic carbocycles. The lowest BCUT2D eigenvalue weighted by atomic mass is 9.96. The van der Waals surface area contributed by atoms with Crippen LogP contribution in [-0.2, 0) is 5.41 Å². The molecule has 0 fully saturated rings. The molecule has 6 nitrogen and oxygen atoms in total. The summed E-state index contributed by atoms with van der Waals surface area (Å²) in [6.07, 6.45) is 3.52. The van der Waals surface area contributed by atoms with Crippen LogP contribution in [0.5, 0.6) is 0 Å². The Morgan fingerprint density at radius 2 is 1.96 bits per heavy atom. The molecule has 6 heteroatoms. The lowest BCUT2D eigenvalue weighted by molar-refractivity contribution is 0.313. The van der Waals surface area contributed by atoms with Gasteiger partial charge >= 0.3 is 0 Å². The van der Waals surface area contributed by atoms with Crippen molar-refractivity contribution < 1.29 is 8.94 Å². The number of hydrogen-bond donors (Lipinski definition) is 1. The summed E-state index contributed by atoms with van der Waals surface area (Å²) < 4.78 is 11.2. The van der Waals surface area contributed by atoms with E-state index in [2.05, 4.69) is 41.2 Å². The van der Waals surface area contributed by atoms with Gasteiger partial charge < -0.3 is 8.94 Å². The van der Waals surface area contributed by atoms with Crippen LogP contribution >= 0.6 is 0 Å². The Balaban J connectivity index is 1.74. The van der Waals surface area contributed by atoms with Crippen LogP contribution in [0.1, 0.15) is 64.2 Å². The Labute approximate surface area is 135 Å². The molecule has 0 spiro atoms. The number of hydrogen-bond acceptors (Lipinski definition) is 6. The van der Waals surface area contributed by atoms with Crippen molar-refractivity contribution in [2.24, 2.45) is 0 Å². The van der Waals surface area contributed by atoms with Gasteiger partial charge in [0.1, 0.15) is 11.3 Å². The Morgan fingerprint density at radius 1 is 1.17 bits per heavy atom. The molecule has 0 aliphatic rings. The summed E-state index contributed by atoms with van der Waals surface area (Å²) in [7, 11) is 0. The zero-order chi connectivity index (χ0) is 16.6. The Morgan fingerprint density at radius 3 is 2.61 bits per heavy atom. The van der Waals surface area contributed by atoms with Crippen LogP contribution in [0.25, 0.3) is 11.0 Å². The predicted octanol–water partition coefficient (Wildman–Crippen LogP) is 3.92. The third-order valence-corrected chi connectivity index (χ3v) is 3.75. The lowest BCUT2D eigenvalue weighted by Gasteiger charge is -2.15. The molecule has 0 aliphatic carbocycles. The van der Waals surface area contributed by atoms with Gasteiger partial charge in [0.15, 0.2) is 5.82 Å². The van der Waals surface area contributed by atoms with Crippen LogP contribution < -0.4 is 5.32 Å². The third kappa shape index (κ3) is 3.27. The largest absolute Gasteiger partial charge is 0.459 e. The highest BCUT2D eigenvalue weighted by atomic mass is 16.5. The molecule has 2 unspecified atom stereocenters. The van der Waals surface area contributed by atoms with Crippen LogP contribution in [0.4, 0.5) is 0 Å². The van der Waals surface area contributed by atoms with Crippen LogP contribution in [0.2, 0.25) is 0 Å². The average molecular weight is 314 g/mol. The Bertz CT molecular complexity index is 767. The van der Waals surface area contributed by atoms with Crippen molar-refractivity contribution in [2.45, 2.75) is 52.1 Å². The van der Waals surface area contributed by atoms with Gasteiger partial charge in [-0.3, -0.25) is 10.3 Å². The first-order chi connectivity index (χ1) is 10.8. The summed E-state index contributed by atoms with van der Waals surface area (Å²) in [6, 6.07) is 3.81. The van der Waals surface area contributed by atoms with E-state index < -0.39 is 0 Å². The zero-order valence-corrected chi connectivity index (χ0v) is 14.1. The number of rotatable bonds is 4. The number of nitrogens with one attached hydrogen (secondary N) is 1. The van der Waals surface area contributed by atoms with E-state index in [1.807, 2.05) is 26.0 Å². The van der Waals surface area contributed by atoms with Crippen molar-refractivity contribution in [3.05, 3.63) is 42.0 Å². The molecular formula is C17H22N4O2. The fraction of sp³-hybridized carbons (Fsp3) is 0.471. The molecule has 0 aliphatic heterocycles. The van der Waals surface area contributed by atoms with E-state index in [4.69, 9.17) is 8.94 Å². The van der Waals surface area contributed by atoms with Gasteiger partial charge in [-0.05, 0) is 26.0 Å². The van der Waals surface area contributed by atoms with E-state index in [9.17, 15) is 0 Å². The number of pyridine rings is 1. The van der Waals surface area contributed by atoms with Crippen LogP contribution in [0, 0.1) is 0 Å². The van der Waals surface area contributed by atoms with Gasteiger partial charge in [-0.1, -0.05) is 25.9 Å². The number of nitrogens with zero attached hydrogens (tertiary/aromatic N) is 3. The van der Waals surface area contributed by atoms with E-state index in [-0.39, 0.29) is 17.5 Å². The first-order valence-corrected chi connectivity index (χ1v) is 7.78. The van der Waals surface area contributed by atoms with Crippen LogP contribution in [0.15, 0.2) is 33.5 Å². The lowest BCUT2D eigenvalue weighted by Crippen LogP contribution is -2.22. The van der Waals surface area contributed by atoms with Gasteiger partial charge in [-0.25, -0.2) is 0 Å². The number of furan rings is 1. The number of aromatic nitrogens is 3. The van der Waals surface area contributed by atoms with E-state index >= 15 is 0 Å². The molecule has 3 heterocycles. The minimum atomic E-state index is -0.126. The first-order valence-electron chi connectivity index (χ1n) is 7.78. The summed E-state index contributed by atoms with van der Waals surface area (Å²) in [5.41, 5.74) is 0.711. The van der Waals surface area contributed by atoms with Crippen molar-refractivity contribution in [3.8, 4) is 0 Å². The molecule has 2 atom stereocenters. The second kappa shape index (κ2) is 5.77. The van der Waals surface area contributed by atoms with Crippen molar-refractivity contribution in [3.63, 3.8) is 0 Å². The standard InChI is InChI=1S/C17H22N4O2/c1-10(14-8-12-9-18-7-6-13(12)22-14)19-11(2)15-20-16(21-23-15)17(3,4)5/h6-11,19H,1-5H3. The fourth-order valence-corrected chi connectivity index (χ4v) is 2.36. The molecule has 3 rings (SSSR count). The summed E-state index contributed by atoms with van der Waals surface area (Å²) >= 11 is 0. The van der Waals surface area contributed by atoms with Crippen molar-refractivity contribution in [1.82, 2.24) is 20.4 Å². The first kappa shape index (κ1) is 15.7. The van der Waals surface area contributed by atoms with Gasteiger partial charge in [0, 0.05) is 23.2 Å². The van der Waals surface area contributed by atoms with Crippen LogP contribution in [0.3, 0.4) is 0 Å². The summed E-state index contributed by atoms with van der Waals surface area (Å²) in [4.78, 5) is 8.60. The molecule has 0 amide bonds. The smallest absolute Gasteiger partial charge is 0.243 e. The van der Waals surface area contributed by atoms with Gasteiger partial charge in [0.05, 0.1) is 12.1 Å². The van der Waals surface area contributed by atoms with E-state index in [1.165, 1.54) is 0 Å². The molecule has 23 heavy (non-hydrogen) atoms. The maximum Gasteiger partial charge on any atom is 0.243 e. The molecule has 1 N–H and O–H groups in total. The summed E-state index contributed by atoms with van der Waals surface area (Å²) in [5, 5.41) is 8.49. The normalized spacial score (nSPS) is 15.0. The third-order valence-electron chi connectivity index (χ3n) is 3.75. The molecule has 0 radical (unpaired) electrons. The SMILES string of the molecule is CC(NC(C)c1nc(C(C)(C)C)no1)c1cc2cnccc2o1. The highest BCUT2D eigenvalue weighted by Gasteiger charge is 2.24. The average Bonchev–Trinajstić information content (AvgIpc) is 3.13. The summed E-state index contributed by atoms with van der Waals surface area (Å²) in [6.45, 7) is 10.2. The van der Waals surface area contributed by atoms with E-state index in [1.54, 1.807) is 12.4 Å². The fourth-order valence-electron chi connectivity index (χ4n) is 2.36. The van der Waals surface area contributed by atoms with E-state index in [0.29, 0.717) is 11.7 Å². The minimum Gasteiger partial charge on any atom is -0.459 e. The second-order valence-electron chi connectivity index (χ2n) is 6.88. The predicted molar refractivity (Wildman–Crippen MR) is 87.0 cm³/mol. The number of fused-ring (bicyclic) bond motifs is 1. The zero-order valence-electron chi connectivity index (χ0n) is 14.1. The van der Waals surface area contributed by atoms with Gasteiger partial charge in [-0.2, -0.15) is 4.98 Å². The molecule has 3 aromatic rings. The van der Waals surface area contributed by atoms with Crippen LogP contribution in [-0.4, -0.2) is 15.1 Å². The van der Waals surface area contributed by atoms with Gasteiger partial charge in [-0.15, -0.1) is 0 Å². The molecule has 0 bridgehead atoms. The monoisotopic (exact) mass is 314 g/mol. The quantitative estimate of drug-likeness (QED) is 0.786. The highest BCUT2D eigenvalue weighted by molar-refractivity contribution is 5.76. The molecule has 0 saturated carbocycles. The second-order valence-corrected chi connectivity index (χ2v) is 6.88. The minimum absolute atomic E-state index is 0.0161. The maximum atomic E-state index is 5.86. The van der Waals surface area contributed by atoms with Crippen molar-refractivity contribution >= 4 is 11.0 Å². The molecule has 3 aromatic heterocycles. The molecule has 0 saturated heterocycles.